The summed E-state index contributed by atoms with van der Waals surface area (Å²) in [7, 11) is 3.19. The lowest BCUT2D eigenvalue weighted by Crippen LogP contribution is -2.03. The first-order valence-corrected chi connectivity index (χ1v) is 16.2. The maximum Gasteiger partial charge on any atom is 0.206 e. The van der Waals surface area contributed by atoms with Gasteiger partial charge in [-0.3, -0.25) is 9.59 Å². The first-order valence-electron chi connectivity index (χ1n) is 14.6. The van der Waals surface area contributed by atoms with Gasteiger partial charge in [-0.25, -0.2) is 0 Å². The second-order valence-corrected chi connectivity index (χ2v) is 13.1. The Hall–Kier alpha value is -4.40. The van der Waals surface area contributed by atoms with Crippen molar-refractivity contribution in [3.63, 3.8) is 0 Å². The predicted octanol–water partition coefficient (Wildman–Crippen LogP) is 9.51. The van der Waals surface area contributed by atoms with Crippen molar-refractivity contribution in [1.82, 2.24) is 0 Å². The SMILES string of the molecule is COc1ccc(C(=O)c2sc(C(C)C)cc2O)cc1.COc1ccc(C(=O)c2sc(C(C)C)cc2OCc2ccccc2)cc1. The second-order valence-electron chi connectivity index (χ2n) is 10.9. The summed E-state index contributed by atoms with van der Waals surface area (Å²) in [5.74, 6) is 2.62. The molecule has 0 radical (unpaired) electrons. The summed E-state index contributed by atoms with van der Waals surface area (Å²) in [6.45, 7) is 8.75. The van der Waals surface area contributed by atoms with Crippen molar-refractivity contribution in [2.24, 2.45) is 0 Å². The van der Waals surface area contributed by atoms with Crippen LogP contribution in [0.25, 0.3) is 0 Å². The average Bonchev–Trinajstić information content (AvgIpc) is 3.68. The molecule has 0 aliphatic carbocycles. The minimum atomic E-state index is -0.156. The van der Waals surface area contributed by atoms with E-state index in [9.17, 15) is 14.7 Å². The fraction of sp³-hybridized carbons (Fsp3) is 0.243. The van der Waals surface area contributed by atoms with Gasteiger partial charge in [0.25, 0.3) is 0 Å². The molecule has 2 heterocycles. The van der Waals surface area contributed by atoms with Gasteiger partial charge in [-0.2, -0.15) is 0 Å². The number of carbonyl (C=O) groups excluding carboxylic acids is 2. The van der Waals surface area contributed by atoms with Gasteiger partial charge in [0, 0.05) is 20.9 Å². The van der Waals surface area contributed by atoms with Gasteiger partial charge < -0.3 is 19.3 Å². The maximum atomic E-state index is 13.0. The van der Waals surface area contributed by atoms with Gasteiger partial charge in [-0.05, 0) is 78.1 Å². The van der Waals surface area contributed by atoms with Gasteiger partial charge in [-0.15, -0.1) is 22.7 Å². The lowest BCUT2D eigenvalue weighted by atomic mass is 10.1. The zero-order chi connectivity index (χ0) is 32.5. The van der Waals surface area contributed by atoms with Crippen LogP contribution in [0, 0.1) is 0 Å². The van der Waals surface area contributed by atoms with Crippen LogP contribution in [0.2, 0.25) is 0 Å². The van der Waals surface area contributed by atoms with Gasteiger partial charge in [0.15, 0.2) is 0 Å². The van der Waals surface area contributed by atoms with Crippen LogP contribution in [-0.2, 0) is 6.61 Å². The van der Waals surface area contributed by atoms with E-state index in [1.807, 2.05) is 50.2 Å². The fourth-order valence-corrected chi connectivity index (χ4v) is 6.35. The van der Waals surface area contributed by atoms with Crippen LogP contribution < -0.4 is 14.2 Å². The van der Waals surface area contributed by atoms with Crippen molar-refractivity contribution >= 4 is 34.2 Å². The number of carbonyl (C=O) groups is 2. The van der Waals surface area contributed by atoms with E-state index >= 15 is 0 Å². The van der Waals surface area contributed by atoms with E-state index in [1.54, 1.807) is 68.8 Å². The lowest BCUT2D eigenvalue weighted by molar-refractivity contribution is 0.103. The zero-order valence-electron chi connectivity index (χ0n) is 26.3. The molecule has 0 atom stereocenters. The first-order chi connectivity index (χ1) is 21.6. The minimum Gasteiger partial charge on any atom is -0.506 e. The normalized spacial score (nSPS) is 10.8. The van der Waals surface area contributed by atoms with Crippen molar-refractivity contribution in [1.29, 1.82) is 0 Å². The second kappa shape index (κ2) is 15.5. The van der Waals surface area contributed by atoms with Gasteiger partial charge in [0.2, 0.25) is 11.6 Å². The molecule has 3 aromatic carbocycles. The van der Waals surface area contributed by atoms with Gasteiger partial charge in [-0.1, -0.05) is 58.0 Å². The average molecular weight is 643 g/mol. The summed E-state index contributed by atoms with van der Waals surface area (Å²) >= 11 is 2.86. The molecule has 5 aromatic rings. The van der Waals surface area contributed by atoms with Crippen LogP contribution in [0.1, 0.15) is 85.3 Å². The number of hydrogen-bond donors (Lipinski definition) is 1. The molecule has 0 fully saturated rings. The van der Waals surface area contributed by atoms with Crippen LogP contribution in [-0.4, -0.2) is 30.9 Å². The summed E-state index contributed by atoms with van der Waals surface area (Å²) in [6, 6.07) is 27.7. The third-order valence-electron chi connectivity index (χ3n) is 6.94. The molecule has 0 saturated carbocycles. The highest BCUT2D eigenvalue weighted by Crippen LogP contribution is 2.37. The quantitative estimate of drug-likeness (QED) is 0.145. The lowest BCUT2D eigenvalue weighted by Gasteiger charge is -2.07. The number of benzene rings is 3. The number of ether oxygens (including phenoxy) is 3. The molecule has 0 spiro atoms. The van der Waals surface area contributed by atoms with Crippen molar-refractivity contribution in [3.8, 4) is 23.0 Å². The van der Waals surface area contributed by atoms with Gasteiger partial charge in [0.1, 0.15) is 39.4 Å². The highest BCUT2D eigenvalue weighted by Gasteiger charge is 2.21. The van der Waals surface area contributed by atoms with Crippen LogP contribution in [0.4, 0.5) is 0 Å². The van der Waals surface area contributed by atoms with Crippen molar-refractivity contribution in [2.75, 3.05) is 14.2 Å². The molecule has 0 aliphatic heterocycles. The van der Waals surface area contributed by atoms with E-state index in [0.29, 0.717) is 50.8 Å². The number of thiophene rings is 2. The molecule has 0 unspecified atom stereocenters. The molecule has 8 heteroatoms. The molecule has 0 saturated heterocycles. The number of aromatic hydroxyl groups is 1. The Balaban J connectivity index is 0.000000215. The molecule has 0 aliphatic rings. The maximum absolute atomic E-state index is 13.0. The van der Waals surface area contributed by atoms with E-state index < -0.39 is 0 Å². The largest absolute Gasteiger partial charge is 0.506 e. The standard InChI is InChI=1S/C22H22O3S.C15H16O3S/c1-15(2)20-13-19(25-14-16-7-5-4-6-8-16)22(26-20)21(23)17-9-11-18(24-3)12-10-17;1-9(2)13-8-12(16)15(19-13)14(17)10-4-6-11(18-3)7-5-10/h4-13,15H,14H2,1-3H3;4-9,16H,1-3H3. The molecule has 5 rings (SSSR count). The summed E-state index contributed by atoms with van der Waals surface area (Å²) < 4.78 is 16.2. The van der Waals surface area contributed by atoms with Crippen LogP contribution in [0.3, 0.4) is 0 Å². The van der Waals surface area contributed by atoms with Gasteiger partial charge >= 0.3 is 0 Å². The Morgan fingerprint density at radius 2 is 1.13 bits per heavy atom. The van der Waals surface area contributed by atoms with E-state index in [0.717, 1.165) is 21.1 Å². The van der Waals surface area contributed by atoms with Gasteiger partial charge in [0.05, 0.1) is 14.2 Å². The topological polar surface area (TPSA) is 82.1 Å². The Kier molecular flexibility index (Phi) is 11.6. The molecule has 234 valence electrons. The van der Waals surface area contributed by atoms with Crippen molar-refractivity contribution in [3.05, 3.63) is 127 Å². The highest BCUT2D eigenvalue weighted by atomic mass is 32.1. The highest BCUT2D eigenvalue weighted by molar-refractivity contribution is 7.15. The monoisotopic (exact) mass is 642 g/mol. The summed E-state index contributed by atoms with van der Waals surface area (Å²) in [4.78, 5) is 28.5. The molecule has 45 heavy (non-hydrogen) atoms. The Labute approximate surface area is 272 Å². The Morgan fingerprint density at radius 3 is 1.60 bits per heavy atom. The molecule has 1 N–H and O–H groups in total. The molecule has 6 nitrogen and oxygen atoms in total. The summed E-state index contributed by atoms with van der Waals surface area (Å²) in [6.07, 6.45) is 0. The Morgan fingerprint density at radius 1 is 0.667 bits per heavy atom. The van der Waals surface area contributed by atoms with Crippen LogP contribution >= 0.6 is 22.7 Å². The Bertz CT molecular complexity index is 1700. The molecule has 0 amide bonds. The predicted molar refractivity (Wildman–Crippen MR) is 182 cm³/mol. The molecular weight excluding hydrogens is 605 g/mol. The van der Waals surface area contributed by atoms with E-state index in [1.165, 1.54) is 22.7 Å². The van der Waals surface area contributed by atoms with E-state index in [2.05, 4.69) is 13.8 Å². The molecule has 0 bridgehead atoms. The number of hydrogen-bond acceptors (Lipinski definition) is 8. The fourth-order valence-electron chi connectivity index (χ4n) is 4.27. The summed E-state index contributed by atoms with van der Waals surface area (Å²) in [5.41, 5.74) is 2.26. The zero-order valence-corrected chi connectivity index (χ0v) is 28.0. The molecular formula is C37H38O6S2. The number of methoxy groups -OCH3 is 2. The smallest absolute Gasteiger partial charge is 0.206 e. The first kappa shape index (κ1) is 33.5. The van der Waals surface area contributed by atoms with Crippen molar-refractivity contribution < 1.29 is 28.9 Å². The third-order valence-corrected chi connectivity index (χ3v) is 9.78. The summed E-state index contributed by atoms with van der Waals surface area (Å²) in [5, 5.41) is 9.88. The van der Waals surface area contributed by atoms with Crippen LogP contribution in [0.15, 0.2) is 91.0 Å². The third kappa shape index (κ3) is 8.62. The van der Waals surface area contributed by atoms with Crippen molar-refractivity contribution in [2.45, 2.75) is 46.1 Å². The van der Waals surface area contributed by atoms with Crippen LogP contribution in [0.5, 0.6) is 23.0 Å². The number of rotatable bonds is 11. The number of ketones is 2. The van der Waals surface area contributed by atoms with E-state index in [-0.39, 0.29) is 17.3 Å². The minimum absolute atomic E-state index is 0.0207. The van der Waals surface area contributed by atoms with E-state index in [4.69, 9.17) is 14.2 Å². The molecule has 2 aromatic heterocycles.